The number of carbonyl (C=O) groups is 1. The number of nitrogens with zero attached hydrogens (tertiary/aromatic N) is 5. The number of halogens is 1. The molecule has 39 heavy (non-hydrogen) atoms. The Kier molecular flexibility index (Phi) is 8.21. The van der Waals surface area contributed by atoms with Gasteiger partial charge in [0.05, 0.1) is 11.4 Å². The summed E-state index contributed by atoms with van der Waals surface area (Å²) in [5.41, 5.74) is 2.06. The first-order valence-corrected chi connectivity index (χ1v) is 12.1. The molecule has 0 spiro atoms. The summed E-state index contributed by atoms with van der Waals surface area (Å²) in [4.78, 5) is 38.1. The van der Waals surface area contributed by atoms with Crippen molar-refractivity contribution in [2.75, 3.05) is 49.8 Å². The van der Waals surface area contributed by atoms with Gasteiger partial charge >= 0.3 is 0 Å². The van der Waals surface area contributed by atoms with Gasteiger partial charge in [-0.1, -0.05) is 6.58 Å². The van der Waals surface area contributed by atoms with Crippen molar-refractivity contribution in [2.45, 2.75) is 0 Å². The van der Waals surface area contributed by atoms with Gasteiger partial charge in [-0.15, -0.1) is 0 Å². The number of anilines is 4. The Balaban J connectivity index is 1.62. The van der Waals surface area contributed by atoms with Gasteiger partial charge in [0.1, 0.15) is 17.2 Å². The van der Waals surface area contributed by atoms with Gasteiger partial charge in [0, 0.05) is 44.5 Å². The lowest BCUT2D eigenvalue weighted by molar-refractivity contribution is -0.111. The van der Waals surface area contributed by atoms with Crippen molar-refractivity contribution in [3.63, 3.8) is 0 Å². The second kappa shape index (κ2) is 11.7. The Morgan fingerprint density at radius 1 is 1.13 bits per heavy atom. The molecule has 0 radical (unpaired) electrons. The Morgan fingerprint density at radius 2 is 1.87 bits per heavy atom. The molecule has 0 aliphatic carbocycles. The van der Waals surface area contributed by atoms with Crippen LogP contribution >= 0.6 is 0 Å². The molecule has 10 nitrogen and oxygen atoms in total. The highest BCUT2D eigenvalue weighted by molar-refractivity contribution is 6.01. The van der Waals surface area contributed by atoms with Gasteiger partial charge < -0.3 is 25.2 Å². The van der Waals surface area contributed by atoms with Crippen LogP contribution in [0.4, 0.5) is 27.4 Å². The Hall–Kier alpha value is -4.77. The molecule has 2 aromatic heterocycles. The Morgan fingerprint density at radius 3 is 2.56 bits per heavy atom. The van der Waals surface area contributed by atoms with E-state index in [2.05, 4.69) is 37.0 Å². The van der Waals surface area contributed by atoms with Gasteiger partial charge in [-0.2, -0.15) is 4.98 Å². The monoisotopic (exact) mass is 531 g/mol. The number of likely N-dealkylation sites (N-methyl/N-ethyl adjacent to an activating group) is 2. The zero-order valence-corrected chi connectivity index (χ0v) is 22.2. The SMILES string of the molecule is C=CC(=O)Nc1cc(Nc2ncc3cc(Oc4ccc(F)cc4)c(=O)n(C)c3n2)ccc1N(C)CCN(C)C. The van der Waals surface area contributed by atoms with Crippen LogP contribution in [0, 0.1) is 5.82 Å². The van der Waals surface area contributed by atoms with Crippen LogP contribution in [0.15, 0.2) is 72.2 Å². The molecule has 0 aliphatic heterocycles. The Bertz CT molecular complexity index is 1570. The number of hydrogen-bond acceptors (Lipinski definition) is 8. The van der Waals surface area contributed by atoms with Crippen LogP contribution < -0.4 is 25.8 Å². The van der Waals surface area contributed by atoms with Crippen LogP contribution in [0.25, 0.3) is 11.0 Å². The number of aromatic nitrogens is 3. The molecule has 0 saturated carbocycles. The maximum atomic E-state index is 13.2. The van der Waals surface area contributed by atoms with Crippen LogP contribution in [0.3, 0.4) is 0 Å². The minimum Gasteiger partial charge on any atom is -0.452 e. The summed E-state index contributed by atoms with van der Waals surface area (Å²) >= 11 is 0. The van der Waals surface area contributed by atoms with E-state index in [1.807, 2.05) is 33.3 Å². The number of amides is 1. The smallest absolute Gasteiger partial charge is 0.294 e. The highest BCUT2D eigenvalue weighted by Crippen LogP contribution is 2.30. The van der Waals surface area contributed by atoms with Crippen molar-refractivity contribution >= 4 is 40.0 Å². The lowest BCUT2D eigenvalue weighted by Gasteiger charge is -2.24. The zero-order chi connectivity index (χ0) is 28.1. The van der Waals surface area contributed by atoms with Gasteiger partial charge in [0.15, 0.2) is 5.75 Å². The predicted molar refractivity (Wildman–Crippen MR) is 152 cm³/mol. The van der Waals surface area contributed by atoms with Crippen molar-refractivity contribution < 1.29 is 13.9 Å². The minimum atomic E-state index is -0.406. The summed E-state index contributed by atoms with van der Waals surface area (Å²) in [5.74, 6) is -0.0625. The average molecular weight is 532 g/mol. The second-order valence-electron chi connectivity index (χ2n) is 9.18. The average Bonchev–Trinajstić information content (AvgIpc) is 2.92. The second-order valence-corrected chi connectivity index (χ2v) is 9.18. The van der Waals surface area contributed by atoms with Crippen molar-refractivity contribution in [1.29, 1.82) is 0 Å². The maximum absolute atomic E-state index is 13.2. The number of hydrogen-bond donors (Lipinski definition) is 2. The first-order chi connectivity index (χ1) is 18.6. The van der Waals surface area contributed by atoms with E-state index in [-0.39, 0.29) is 17.6 Å². The van der Waals surface area contributed by atoms with Gasteiger partial charge in [-0.05, 0) is 68.7 Å². The largest absolute Gasteiger partial charge is 0.452 e. The highest BCUT2D eigenvalue weighted by Gasteiger charge is 2.14. The van der Waals surface area contributed by atoms with E-state index in [0.717, 1.165) is 18.8 Å². The number of aryl methyl sites for hydroxylation is 1. The van der Waals surface area contributed by atoms with E-state index in [1.54, 1.807) is 25.4 Å². The van der Waals surface area contributed by atoms with Crippen molar-refractivity contribution in [3.8, 4) is 11.5 Å². The molecule has 0 saturated heterocycles. The van der Waals surface area contributed by atoms with Gasteiger partial charge in [-0.25, -0.2) is 9.37 Å². The van der Waals surface area contributed by atoms with Crippen molar-refractivity contribution in [2.24, 2.45) is 7.05 Å². The molecule has 0 bridgehead atoms. The van der Waals surface area contributed by atoms with E-state index in [1.165, 1.54) is 34.9 Å². The molecule has 4 rings (SSSR count). The maximum Gasteiger partial charge on any atom is 0.294 e. The topological polar surface area (TPSA) is 105 Å². The number of pyridine rings is 1. The fourth-order valence-corrected chi connectivity index (χ4v) is 3.81. The minimum absolute atomic E-state index is 0.0671. The third-order valence-corrected chi connectivity index (χ3v) is 5.95. The number of fused-ring (bicyclic) bond motifs is 1. The molecule has 2 aromatic carbocycles. The summed E-state index contributed by atoms with van der Waals surface area (Å²) in [7, 11) is 7.54. The molecular weight excluding hydrogens is 501 g/mol. The normalized spacial score (nSPS) is 10.9. The van der Waals surface area contributed by atoms with Crippen LogP contribution in [0.1, 0.15) is 0 Å². The molecule has 0 unspecified atom stereocenters. The molecule has 11 heteroatoms. The van der Waals surface area contributed by atoms with Crippen LogP contribution in [-0.2, 0) is 11.8 Å². The third-order valence-electron chi connectivity index (χ3n) is 5.95. The lowest BCUT2D eigenvalue weighted by Crippen LogP contribution is -2.29. The molecular formula is C28H30FN7O3. The van der Waals surface area contributed by atoms with Crippen LogP contribution in [0.5, 0.6) is 11.5 Å². The van der Waals surface area contributed by atoms with Crippen LogP contribution in [0.2, 0.25) is 0 Å². The molecule has 0 fully saturated rings. The summed E-state index contributed by atoms with van der Waals surface area (Å²) < 4.78 is 20.2. The first-order valence-electron chi connectivity index (χ1n) is 12.1. The highest BCUT2D eigenvalue weighted by atomic mass is 19.1. The summed E-state index contributed by atoms with van der Waals surface area (Å²) in [6.45, 7) is 5.13. The molecule has 2 heterocycles. The molecule has 2 N–H and O–H groups in total. The third kappa shape index (κ3) is 6.57. The van der Waals surface area contributed by atoms with Gasteiger partial charge in [0.25, 0.3) is 5.56 Å². The summed E-state index contributed by atoms with van der Waals surface area (Å²) in [6.07, 6.45) is 2.79. The number of ether oxygens (including phenoxy) is 1. The van der Waals surface area contributed by atoms with Crippen molar-refractivity contribution in [3.05, 3.63) is 83.6 Å². The zero-order valence-electron chi connectivity index (χ0n) is 22.2. The van der Waals surface area contributed by atoms with Gasteiger partial charge in [-0.3, -0.25) is 14.2 Å². The van der Waals surface area contributed by atoms with E-state index >= 15 is 0 Å². The molecule has 4 aromatic rings. The quantitative estimate of drug-likeness (QED) is 0.295. The fraction of sp³-hybridized carbons (Fsp3) is 0.214. The Labute approximate surface area is 225 Å². The first kappa shape index (κ1) is 27.3. The number of rotatable bonds is 10. The molecule has 0 atom stereocenters. The van der Waals surface area contributed by atoms with E-state index in [0.29, 0.717) is 28.2 Å². The molecule has 202 valence electrons. The summed E-state index contributed by atoms with van der Waals surface area (Å²) in [6, 6.07) is 12.5. The van der Waals surface area contributed by atoms with Crippen molar-refractivity contribution in [1.82, 2.24) is 19.4 Å². The number of benzene rings is 2. The fourth-order valence-electron chi connectivity index (χ4n) is 3.81. The number of nitrogens with one attached hydrogen (secondary N) is 2. The lowest BCUT2D eigenvalue weighted by atomic mass is 10.2. The summed E-state index contributed by atoms with van der Waals surface area (Å²) in [5, 5.41) is 6.58. The van der Waals surface area contributed by atoms with E-state index in [4.69, 9.17) is 4.74 Å². The van der Waals surface area contributed by atoms with Crippen LogP contribution in [-0.4, -0.2) is 59.6 Å². The predicted octanol–water partition coefficient (Wildman–Crippen LogP) is 4.13. The molecule has 1 amide bonds. The van der Waals surface area contributed by atoms with E-state index in [9.17, 15) is 14.0 Å². The number of carbonyl (C=O) groups excluding carboxylic acids is 1. The molecule has 0 aliphatic rings. The van der Waals surface area contributed by atoms with E-state index < -0.39 is 11.4 Å². The van der Waals surface area contributed by atoms with Gasteiger partial charge in [0.2, 0.25) is 11.9 Å². The standard InChI is InChI=1S/C28H30FN7O3/c1-6-25(37)32-22-16-20(9-12-23(22)35(4)14-13-34(2)3)31-28-30-17-18-15-24(27(38)36(5)26(18)33-28)39-21-10-7-19(29)8-11-21/h6-12,15-17H,1,13-14H2,2-5H3,(H,32,37)(H,30,31,33).